The number of aromatic nitrogens is 2. The largest absolute Gasteiger partial charge is 0.507 e. The topological polar surface area (TPSA) is 87.6 Å². The third-order valence-corrected chi connectivity index (χ3v) is 6.31. The zero-order valence-electron chi connectivity index (χ0n) is 19.6. The van der Waals surface area contributed by atoms with E-state index in [-0.39, 0.29) is 18.3 Å². The monoisotopic (exact) mass is 468 g/mol. The Balaban J connectivity index is 1.30. The molecule has 0 saturated carbocycles. The highest BCUT2D eigenvalue weighted by Crippen LogP contribution is 2.33. The summed E-state index contributed by atoms with van der Waals surface area (Å²) >= 11 is 0. The standard InChI is InChI=1S/C28H28N4O3/c1-19-11-12-22-24(15-19)30-26(23-9-5-6-10-25(23)33)31-27(22)32-14-13-21(17-32)16-29-28(34)35-18-20-7-3-2-4-8-20/h2-12,15,21,33H,13-14,16-18H2,1H3,(H,29,34)/t21-/m1/s1. The molecule has 1 aromatic heterocycles. The van der Waals surface area contributed by atoms with E-state index in [2.05, 4.69) is 22.3 Å². The first-order valence-electron chi connectivity index (χ1n) is 11.8. The summed E-state index contributed by atoms with van der Waals surface area (Å²) in [5.41, 5.74) is 3.53. The zero-order valence-corrected chi connectivity index (χ0v) is 19.6. The van der Waals surface area contributed by atoms with Crippen LogP contribution in [0.2, 0.25) is 0 Å². The second kappa shape index (κ2) is 10.0. The summed E-state index contributed by atoms with van der Waals surface area (Å²) < 4.78 is 5.34. The van der Waals surface area contributed by atoms with E-state index < -0.39 is 6.09 Å². The summed E-state index contributed by atoms with van der Waals surface area (Å²) in [5.74, 6) is 1.79. The smallest absolute Gasteiger partial charge is 0.407 e. The molecule has 35 heavy (non-hydrogen) atoms. The van der Waals surface area contributed by atoms with Gasteiger partial charge in [0.25, 0.3) is 0 Å². The van der Waals surface area contributed by atoms with E-state index in [0.717, 1.165) is 47.4 Å². The number of ether oxygens (including phenoxy) is 1. The molecule has 1 fully saturated rings. The number of anilines is 1. The Labute approximate surface area is 204 Å². The van der Waals surface area contributed by atoms with Gasteiger partial charge in [-0.3, -0.25) is 0 Å². The van der Waals surface area contributed by atoms with Crippen molar-refractivity contribution in [3.05, 3.63) is 83.9 Å². The molecule has 3 aromatic carbocycles. The molecular formula is C28H28N4O3. The number of alkyl carbamates (subject to hydrolysis) is 1. The number of para-hydroxylation sites is 1. The summed E-state index contributed by atoms with van der Waals surface area (Å²) in [6, 6.07) is 22.9. The first-order valence-corrected chi connectivity index (χ1v) is 11.8. The van der Waals surface area contributed by atoms with Crippen LogP contribution in [0.25, 0.3) is 22.3 Å². The summed E-state index contributed by atoms with van der Waals surface area (Å²) in [7, 11) is 0. The predicted octanol–water partition coefficient (Wildman–Crippen LogP) is 5.06. The molecule has 1 aliphatic heterocycles. The number of nitrogens with zero attached hydrogens (tertiary/aromatic N) is 3. The Bertz CT molecular complexity index is 1340. The molecule has 0 unspecified atom stereocenters. The second-order valence-corrected chi connectivity index (χ2v) is 8.95. The lowest BCUT2D eigenvalue weighted by molar-refractivity contribution is 0.138. The normalized spacial score (nSPS) is 15.3. The van der Waals surface area contributed by atoms with E-state index in [1.807, 2.05) is 55.5 Å². The van der Waals surface area contributed by atoms with Crippen molar-refractivity contribution in [1.82, 2.24) is 15.3 Å². The molecular weight excluding hydrogens is 440 g/mol. The van der Waals surface area contributed by atoms with Gasteiger partial charge in [-0.05, 0) is 54.7 Å². The quantitative estimate of drug-likeness (QED) is 0.411. The number of benzene rings is 3. The SMILES string of the molecule is Cc1ccc2c(N3CC[C@H](CNC(=O)OCc4ccccc4)C3)nc(-c3ccccc3O)nc2c1. The molecule has 0 radical (unpaired) electrons. The van der Waals surface area contributed by atoms with Crippen molar-refractivity contribution in [3.63, 3.8) is 0 Å². The van der Waals surface area contributed by atoms with Crippen LogP contribution in [0, 0.1) is 12.8 Å². The van der Waals surface area contributed by atoms with Crippen LogP contribution in [0.3, 0.4) is 0 Å². The molecule has 5 rings (SSSR count). The van der Waals surface area contributed by atoms with Crippen molar-refractivity contribution in [2.45, 2.75) is 20.0 Å². The summed E-state index contributed by atoms with van der Waals surface area (Å²) in [6.07, 6.45) is 0.527. The van der Waals surface area contributed by atoms with E-state index in [4.69, 9.17) is 14.7 Å². The van der Waals surface area contributed by atoms with Gasteiger partial charge in [-0.15, -0.1) is 0 Å². The molecule has 2 heterocycles. The zero-order chi connectivity index (χ0) is 24.2. The lowest BCUT2D eigenvalue weighted by Gasteiger charge is -2.21. The van der Waals surface area contributed by atoms with Crippen molar-refractivity contribution in [3.8, 4) is 17.1 Å². The second-order valence-electron chi connectivity index (χ2n) is 8.95. The van der Waals surface area contributed by atoms with Crippen LogP contribution < -0.4 is 10.2 Å². The third-order valence-electron chi connectivity index (χ3n) is 6.31. The van der Waals surface area contributed by atoms with E-state index in [1.54, 1.807) is 12.1 Å². The van der Waals surface area contributed by atoms with Gasteiger partial charge in [-0.1, -0.05) is 48.5 Å². The number of carbonyl (C=O) groups is 1. The van der Waals surface area contributed by atoms with E-state index in [0.29, 0.717) is 17.9 Å². The maximum absolute atomic E-state index is 12.2. The van der Waals surface area contributed by atoms with E-state index in [1.165, 1.54) is 0 Å². The van der Waals surface area contributed by atoms with Gasteiger partial charge in [-0.25, -0.2) is 14.8 Å². The van der Waals surface area contributed by atoms with Crippen molar-refractivity contribution < 1.29 is 14.6 Å². The molecule has 7 heteroatoms. The highest BCUT2D eigenvalue weighted by Gasteiger charge is 2.26. The predicted molar refractivity (Wildman–Crippen MR) is 136 cm³/mol. The van der Waals surface area contributed by atoms with Gasteiger partial charge in [-0.2, -0.15) is 0 Å². The number of phenols is 1. The van der Waals surface area contributed by atoms with Crippen LogP contribution in [-0.4, -0.2) is 40.8 Å². The molecule has 1 saturated heterocycles. The highest BCUT2D eigenvalue weighted by atomic mass is 16.5. The number of fused-ring (bicyclic) bond motifs is 1. The van der Waals surface area contributed by atoms with Gasteiger partial charge in [0, 0.05) is 25.0 Å². The fourth-order valence-corrected chi connectivity index (χ4v) is 4.44. The number of phenolic OH excluding ortho intramolecular Hbond substituents is 1. The lowest BCUT2D eigenvalue weighted by atomic mass is 10.1. The number of hydrogen-bond acceptors (Lipinski definition) is 6. The van der Waals surface area contributed by atoms with E-state index >= 15 is 0 Å². The van der Waals surface area contributed by atoms with Crippen LogP contribution in [-0.2, 0) is 11.3 Å². The average Bonchev–Trinajstić information content (AvgIpc) is 3.35. The Morgan fingerprint density at radius 1 is 1.09 bits per heavy atom. The van der Waals surface area contributed by atoms with Gasteiger partial charge in [0.1, 0.15) is 18.2 Å². The van der Waals surface area contributed by atoms with Gasteiger partial charge in [0.15, 0.2) is 5.82 Å². The van der Waals surface area contributed by atoms with Crippen molar-refractivity contribution in [2.24, 2.45) is 5.92 Å². The van der Waals surface area contributed by atoms with Crippen LogP contribution in [0.4, 0.5) is 10.6 Å². The summed E-state index contributed by atoms with van der Waals surface area (Å²) in [4.78, 5) is 24.0. The minimum atomic E-state index is -0.405. The number of hydrogen-bond donors (Lipinski definition) is 2. The van der Waals surface area contributed by atoms with Crippen LogP contribution >= 0.6 is 0 Å². The number of amides is 1. The van der Waals surface area contributed by atoms with Gasteiger partial charge >= 0.3 is 6.09 Å². The molecule has 4 aromatic rings. The number of rotatable bonds is 6. The molecule has 0 aliphatic carbocycles. The Morgan fingerprint density at radius 3 is 2.71 bits per heavy atom. The van der Waals surface area contributed by atoms with Crippen LogP contribution in [0.15, 0.2) is 72.8 Å². The van der Waals surface area contributed by atoms with Gasteiger partial charge in [0.05, 0.1) is 11.1 Å². The molecule has 7 nitrogen and oxygen atoms in total. The Hall–Kier alpha value is -4.13. The molecule has 1 amide bonds. The molecule has 2 N–H and O–H groups in total. The first-order chi connectivity index (χ1) is 17.1. The minimum absolute atomic E-state index is 0.156. The Morgan fingerprint density at radius 2 is 1.89 bits per heavy atom. The molecule has 0 bridgehead atoms. The van der Waals surface area contributed by atoms with Gasteiger partial charge in [0.2, 0.25) is 0 Å². The van der Waals surface area contributed by atoms with Crippen LogP contribution in [0.5, 0.6) is 5.75 Å². The molecule has 1 aliphatic rings. The number of carbonyl (C=O) groups excluding carboxylic acids is 1. The van der Waals surface area contributed by atoms with Crippen LogP contribution in [0.1, 0.15) is 17.5 Å². The summed E-state index contributed by atoms with van der Waals surface area (Å²) in [5, 5.41) is 14.3. The maximum atomic E-state index is 12.2. The molecule has 1 atom stereocenters. The van der Waals surface area contributed by atoms with Crippen molar-refractivity contribution in [2.75, 3.05) is 24.5 Å². The number of aryl methyl sites for hydroxylation is 1. The number of nitrogens with one attached hydrogen (secondary N) is 1. The van der Waals surface area contributed by atoms with Gasteiger partial charge < -0.3 is 20.1 Å². The Kier molecular flexibility index (Phi) is 6.48. The van der Waals surface area contributed by atoms with Crippen molar-refractivity contribution in [1.29, 1.82) is 0 Å². The maximum Gasteiger partial charge on any atom is 0.407 e. The fraction of sp³-hybridized carbons (Fsp3) is 0.250. The highest BCUT2D eigenvalue weighted by molar-refractivity contribution is 5.92. The fourth-order valence-electron chi connectivity index (χ4n) is 4.44. The molecule has 178 valence electrons. The number of aromatic hydroxyl groups is 1. The average molecular weight is 469 g/mol. The van der Waals surface area contributed by atoms with Crippen molar-refractivity contribution >= 4 is 22.8 Å². The van der Waals surface area contributed by atoms with E-state index in [9.17, 15) is 9.90 Å². The lowest BCUT2D eigenvalue weighted by Crippen LogP contribution is -2.31. The first kappa shape index (κ1) is 22.7. The third kappa shape index (κ3) is 5.19. The minimum Gasteiger partial charge on any atom is -0.507 e. The molecule has 0 spiro atoms. The summed E-state index contributed by atoms with van der Waals surface area (Å²) in [6.45, 7) is 4.42.